The van der Waals surface area contributed by atoms with E-state index in [-0.39, 0.29) is 0 Å². The zero-order valence-corrected chi connectivity index (χ0v) is 7.76. The number of methoxy groups -OCH3 is 1. The van der Waals surface area contributed by atoms with Crippen LogP contribution in [0.4, 0.5) is 8.78 Å². The second-order valence-corrected chi connectivity index (χ2v) is 2.98. The van der Waals surface area contributed by atoms with E-state index >= 15 is 0 Å². The maximum absolute atomic E-state index is 12.1. The van der Waals surface area contributed by atoms with Gasteiger partial charge in [0.25, 0.3) is 6.43 Å². The molecule has 0 N–H and O–H groups in total. The molecule has 1 rings (SSSR count). The van der Waals surface area contributed by atoms with Gasteiger partial charge in [-0.3, -0.25) is 0 Å². The summed E-state index contributed by atoms with van der Waals surface area (Å²) in [6.45, 7) is 0. The Morgan fingerprint density at radius 1 is 1.23 bits per heavy atom. The van der Waals surface area contributed by atoms with E-state index in [1.165, 1.54) is 19.2 Å². The number of halogens is 3. The summed E-state index contributed by atoms with van der Waals surface area (Å²) in [5.41, 5.74) is 0.400. The summed E-state index contributed by atoms with van der Waals surface area (Å²) in [6.07, 6.45) is -2.55. The molecule has 1 nitrogen and oxygen atoms in total. The van der Waals surface area contributed by atoms with Gasteiger partial charge in [-0.15, -0.1) is 11.6 Å². The van der Waals surface area contributed by atoms with Crippen molar-refractivity contribution in [3.8, 4) is 5.75 Å². The van der Waals surface area contributed by atoms with Gasteiger partial charge in [0.15, 0.2) is 0 Å². The number of hydrogen-bond acceptors (Lipinski definition) is 1. The Morgan fingerprint density at radius 3 is 2.15 bits per heavy atom. The summed E-state index contributed by atoms with van der Waals surface area (Å²) in [5.74, 6) is 0.627. The Balaban J connectivity index is 2.79. The second kappa shape index (κ2) is 4.42. The van der Waals surface area contributed by atoms with Crippen LogP contribution in [0.2, 0.25) is 0 Å². The molecule has 0 aliphatic rings. The molecule has 0 aromatic heterocycles. The summed E-state index contributed by atoms with van der Waals surface area (Å²) < 4.78 is 29.1. The molecule has 0 bridgehead atoms. The fraction of sp³-hybridized carbons (Fsp3) is 0.333. The van der Waals surface area contributed by atoms with Crippen molar-refractivity contribution in [1.29, 1.82) is 0 Å². The van der Waals surface area contributed by atoms with Crippen molar-refractivity contribution in [2.45, 2.75) is 11.8 Å². The number of ether oxygens (including phenoxy) is 1. The Morgan fingerprint density at radius 2 is 1.77 bits per heavy atom. The highest BCUT2D eigenvalue weighted by Crippen LogP contribution is 2.28. The van der Waals surface area contributed by atoms with Crippen LogP contribution >= 0.6 is 11.6 Å². The Kier molecular flexibility index (Phi) is 3.48. The standard InChI is InChI=1S/C9H9ClF2O/c1-13-7-4-2-6(3-5-7)8(10)9(11)12/h2-5,8-9H,1H3. The third-order valence-corrected chi connectivity index (χ3v) is 2.10. The highest BCUT2D eigenvalue weighted by Gasteiger charge is 2.18. The van der Waals surface area contributed by atoms with Crippen LogP contribution in [-0.4, -0.2) is 13.5 Å². The fourth-order valence-electron chi connectivity index (χ4n) is 0.933. The van der Waals surface area contributed by atoms with Crippen LogP contribution in [0.1, 0.15) is 10.9 Å². The largest absolute Gasteiger partial charge is 0.497 e. The maximum Gasteiger partial charge on any atom is 0.258 e. The molecule has 0 saturated heterocycles. The van der Waals surface area contributed by atoms with Crippen LogP contribution in [0.15, 0.2) is 24.3 Å². The van der Waals surface area contributed by atoms with Crippen molar-refractivity contribution in [2.75, 3.05) is 7.11 Å². The molecule has 13 heavy (non-hydrogen) atoms. The Labute approximate surface area is 80.3 Å². The first-order valence-corrected chi connectivity index (χ1v) is 4.15. The van der Waals surface area contributed by atoms with E-state index in [0.29, 0.717) is 11.3 Å². The quantitative estimate of drug-likeness (QED) is 0.690. The SMILES string of the molecule is COc1ccc(C(Cl)C(F)F)cc1. The van der Waals surface area contributed by atoms with Crippen LogP contribution < -0.4 is 4.74 Å². The summed E-state index contributed by atoms with van der Waals surface area (Å²) in [5, 5.41) is -1.24. The van der Waals surface area contributed by atoms with Gasteiger partial charge in [0.1, 0.15) is 11.1 Å². The molecular weight excluding hydrogens is 198 g/mol. The van der Waals surface area contributed by atoms with E-state index in [0.717, 1.165) is 0 Å². The van der Waals surface area contributed by atoms with Crippen LogP contribution in [0.5, 0.6) is 5.75 Å². The molecular formula is C9H9ClF2O. The summed E-state index contributed by atoms with van der Waals surface area (Å²) in [7, 11) is 1.51. The van der Waals surface area contributed by atoms with Crippen molar-refractivity contribution in [3.05, 3.63) is 29.8 Å². The van der Waals surface area contributed by atoms with Gasteiger partial charge in [-0.25, -0.2) is 8.78 Å². The van der Waals surface area contributed by atoms with E-state index in [9.17, 15) is 8.78 Å². The van der Waals surface area contributed by atoms with E-state index in [2.05, 4.69) is 0 Å². The van der Waals surface area contributed by atoms with E-state index in [1.54, 1.807) is 12.1 Å². The minimum absolute atomic E-state index is 0.400. The average molecular weight is 207 g/mol. The maximum atomic E-state index is 12.1. The predicted molar refractivity (Wildman–Crippen MR) is 47.6 cm³/mol. The number of alkyl halides is 3. The lowest BCUT2D eigenvalue weighted by Gasteiger charge is -2.08. The van der Waals surface area contributed by atoms with Gasteiger partial charge in [-0.1, -0.05) is 12.1 Å². The molecule has 1 unspecified atom stereocenters. The van der Waals surface area contributed by atoms with Gasteiger partial charge in [0.05, 0.1) is 7.11 Å². The van der Waals surface area contributed by atoms with Gasteiger partial charge in [0.2, 0.25) is 0 Å². The molecule has 0 aliphatic heterocycles. The van der Waals surface area contributed by atoms with Crippen molar-refractivity contribution in [3.63, 3.8) is 0 Å². The Bertz CT molecular complexity index is 261. The van der Waals surface area contributed by atoms with Crippen LogP contribution in [0.3, 0.4) is 0 Å². The van der Waals surface area contributed by atoms with Gasteiger partial charge < -0.3 is 4.74 Å². The van der Waals surface area contributed by atoms with Gasteiger partial charge >= 0.3 is 0 Å². The van der Waals surface area contributed by atoms with E-state index in [1.807, 2.05) is 0 Å². The molecule has 0 saturated carbocycles. The third-order valence-electron chi connectivity index (χ3n) is 1.66. The lowest BCUT2D eigenvalue weighted by atomic mass is 10.1. The monoisotopic (exact) mass is 206 g/mol. The normalized spacial score (nSPS) is 13.0. The number of benzene rings is 1. The topological polar surface area (TPSA) is 9.23 Å². The fourth-order valence-corrected chi connectivity index (χ4v) is 1.08. The van der Waals surface area contributed by atoms with Crippen LogP contribution in [0.25, 0.3) is 0 Å². The summed E-state index contributed by atoms with van der Waals surface area (Å²) in [4.78, 5) is 0. The zero-order valence-electron chi connectivity index (χ0n) is 7.01. The zero-order chi connectivity index (χ0) is 9.84. The molecule has 1 aromatic rings. The molecule has 1 atom stereocenters. The third kappa shape index (κ3) is 2.56. The van der Waals surface area contributed by atoms with Crippen molar-refractivity contribution < 1.29 is 13.5 Å². The molecule has 0 radical (unpaired) electrons. The summed E-state index contributed by atoms with van der Waals surface area (Å²) >= 11 is 5.45. The first-order chi connectivity index (χ1) is 6.15. The van der Waals surface area contributed by atoms with Crippen molar-refractivity contribution in [2.24, 2.45) is 0 Å². The highest BCUT2D eigenvalue weighted by molar-refractivity contribution is 6.21. The summed E-state index contributed by atoms with van der Waals surface area (Å²) in [6, 6.07) is 6.27. The minimum Gasteiger partial charge on any atom is -0.497 e. The van der Waals surface area contributed by atoms with Gasteiger partial charge in [-0.05, 0) is 17.7 Å². The first kappa shape index (κ1) is 10.3. The van der Waals surface area contributed by atoms with Gasteiger partial charge in [0, 0.05) is 0 Å². The van der Waals surface area contributed by atoms with Crippen LogP contribution in [-0.2, 0) is 0 Å². The molecule has 1 aromatic carbocycles. The van der Waals surface area contributed by atoms with E-state index in [4.69, 9.17) is 16.3 Å². The Hall–Kier alpha value is -0.830. The minimum atomic E-state index is -2.55. The number of rotatable bonds is 3. The molecule has 0 amide bonds. The van der Waals surface area contributed by atoms with Gasteiger partial charge in [-0.2, -0.15) is 0 Å². The lowest BCUT2D eigenvalue weighted by Crippen LogP contribution is -2.01. The number of hydrogen-bond donors (Lipinski definition) is 0. The highest BCUT2D eigenvalue weighted by atomic mass is 35.5. The molecule has 0 spiro atoms. The smallest absolute Gasteiger partial charge is 0.258 e. The van der Waals surface area contributed by atoms with Crippen molar-refractivity contribution in [1.82, 2.24) is 0 Å². The second-order valence-electron chi connectivity index (χ2n) is 2.51. The molecule has 72 valence electrons. The molecule has 0 heterocycles. The lowest BCUT2D eigenvalue weighted by molar-refractivity contribution is 0.143. The first-order valence-electron chi connectivity index (χ1n) is 3.71. The molecule has 0 fully saturated rings. The predicted octanol–water partition coefficient (Wildman–Crippen LogP) is 3.24. The van der Waals surface area contributed by atoms with Crippen LogP contribution in [0, 0.1) is 0 Å². The van der Waals surface area contributed by atoms with Crippen molar-refractivity contribution >= 4 is 11.6 Å². The molecule has 4 heteroatoms. The van der Waals surface area contributed by atoms with E-state index < -0.39 is 11.8 Å². The molecule has 0 aliphatic carbocycles. The average Bonchev–Trinajstić information content (AvgIpc) is 2.17.